The van der Waals surface area contributed by atoms with Gasteiger partial charge in [0, 0.05) is 12.5 Å². The first-order chi connectivity index (χ1) is 14.7. The fraction of sp³-hybridized carbons (Fsp3) is 0.375. The van der Waals surface area contributed by atoms with Gasteiger partial charge in [-0.25, -0.2) is 4.79 Å². The van der Waals surface area contributed by atoms with Crippen molar-refractivity contribution in [3.63, 3.8) is 0 Å². The van der Waals surface area contributed by atoms with E-state index in [9.17, 15) is 14.4 Å². The van der Waals surface area contributed by atoms with Crippen LogP contribution in [0, 0.1) is 5.41 Å². The molecule has 7 nitrogen and oxygen atoms in total. The lowest BCUT2D eigenvalue weighted by Crippen LogP contribution is -2.49. The van der Waals surface area contributed by atoms with Crippen molar-refractivity contribution in [1.29, 1.82) is 0 Å². The molecule has 2 aromatic rings. The topological polar surface area (TPSA) is 105 Å². The van der Waals surface area contributed by atoms with E-state index in [1.54, 1.807) is 6.92 Å². The van der Waals surface area contributed by atoms with Crippen LogP contribution in [-0.2, 0) is 14.3 Å². The lowest BCUT2D eigenvalue weighted by Gasteiger charge is -2.22. The van der Waals surface area contributed by atoms with Crippen molar-refractivity contribution in [2.45, 2.75) is 39.2 Å². The van der Waals surface area contributed by atoms with Gasteiger partial charge in [-0.3, -0.25) is 9.59 Å². The Kier molecular flexibility index (Phi) is 6.63. The van der Waals surface area contributed by atoms with Gasteiger partial charge in [0.15, 0.2) is 0 Å². The summed E-state index contributed by atoms with van der Waals surface area (Å²) in [5, 5.41) is 14.3. The Morgan fingerprint density at radius 1 is 1.03 bits per heavy atom. The number of rotatable bonds is 8. The Balaban J connectivity index is 1.59. The van der Waals surface area contributed by atoms with Gasteiger partial charge in [0.05, 0.1) is 5.41 Å². The van der Waals surface area contributed by atoms with Gasteiger partial charge >= 0.3 is 12.1 Å². The zero-order valence-corrected chi connectivity index (χ0v) is 18.0. The maximum atomic E-state index is 12.4. The van der Waals surface area contributed by atoms with Crippen LogP contribution in [0.15, 0.2) is 48.5 Å². The average molecular weight is 424 g/mol. The smallest absolute Gasteiger partial charge is 0.407 e. The number of nitrogens with one attached hydrogen (secondary N) is 2. The minimum absolute atomic E-state index is 0.0377. The van der Waals surface area contributed by atoms with E-state index < -0.39 is 29.4 Å². The number of carboxylic acid groups (broad SMARTS) is 1. The molecule has 1 atom stereocenters. The second-order valence-electron chi connectivity index (χ2n) is 8.34. The van der Waals surface area contributed by atoms with Gasteiger partial charge in [-0.05, 0) is 42.5 Å². The molecular formula is C24H28N2O5. The molecule has 0 spiro atoms. The number of carboxylic acids is 1. The third-order valence-electron chi connectivity index (χ3n) is 5.64. The predicted octanol–water partition coefficient (Wildman–Crippen LogP) is 3.53. The Morgan fingerprint density at radius 3 is 2.10 bits per heavy atom. The highest BCUT2D eigenvalue weighted by Gasteiger charge is 2.31. The van der Waals surface area contributed by atoms with Gasteiger partial charge in [-0.15, -0.1) is 0 Å². The van der Waals surface area contributed by atoms with Gasteiger partial charge in [0.1, 0.15) is 12.6 Å². The van der Waals surface area contributed by atoms with E-state index in [0.29, 0.717) is 6.42 Å². The summed E-state index contributed by atoms with van der Waals surface area (Å²) in [5.74, 6) is -1.51. The molecule has 1 aliphatic carbocycles. The molecule has 0 saturated carbocycles. The van der Waals surface area contributed by atoms with E-state index in [-0.39, 0.29) is 19.1 Å². The van der Waals surface area contributed by atoms with Gasteiger partial charge in [0.25, 0.3) is 0 Å². The number of carbonyl (C=O) groups excluding carboxylic acids is 2. The Morgan fingerprint density at radius 2 is 1.58 bits per heavy atom. The van der Waals surface area contributed by atoms with Crippen molar-refractivity contribution >= 4 is 18.0 Å². The van der Waals surface area contributed by atoms with Crippen LogP contribution in [0.3, 0.4) is 0 Å². The number of hydrogen-bond donors (Lipinski definition) is 3. The van der Waals surface area contributed by atoms with Crippen molar-refractivity contribution in [2.75, 3.05) is 13.2 Å². The van der Waals surface area contributed by atoms with Crippen molar-refractivity contribution in [3.05, 3.63) is 59.7 Å². The van der Waals surface area contributed by atoms with Crippen LogP contribution in [0.25, 0.3) is 11.1 Å². The summed E-state index contributed by atoms with van der Waals surface area (Å²) in [6, 6.07) is 15.3. The molecule has 7 heteroatoms. The number of ether oxygens (including phenoxy) is 1. The molecule has 0 fully saturated rings. The second-order valence-corrected chi connectivity index (χ2v) is 8.34. The van der Waals surface area contributed by atoms with E-state index in [0.717, 1.165) is 22.3 Å². The first-order valence-corrected chi connectivity index (χ1v) is 10.4. The summed E-state index contributed by atoms with van der Waals surface area (Å²) in [5.41, 5.74) is 3.39. The molecule has 0 saturated heterocycles. The van der Waals surface area contributed by atoms with Crippen LogP contribution < -0.4 is 10.6 Å². The van der Waals surface area contributed by atoms with Crippen LogP contribution in [0.4, 0.5) is 4.79 Å². The summed E-state index contributed by atoms with van der Waals surface area (Å²) >= 11 is 0. The molecule has 0 heterocycles. The Labute approximate surface area is 181 Å². The maximum Gasteiger partial charge on any atom is 0.407 e. The molecule has 0 bridgehead atoms. The molecule has 0 aromatic heterocycles. The van der Waals surface area contributed by atoms with Crippen LogP contribution in [-0.4, -0.2) is 42.3 Å². The molecule has 3 N–H and O–H groups in total. The highest BCUT2D eigenvalue weighted by molar-refractivity contribution is 5.86. The third kappa shape index (κ3) is 4.87. The van der Waals surface area contributed by atoms with Crippen LogP contribution >= 0.6 is 0 Å². The molecule has 0 radical (unpaired) electrons. The summed E-state index contributed by atoms with van der Waals surface area (Å²) in [4.78, 5) is 36.0. The number of carbonyl (C=O) groups is 3. The number of hydrogen-bond acceptors (Lipinski definition) is 4. The molecule has 0 aliphatic heterocycles. The molecule has 2 amide bonds. The number of alkyl carbamates (subject to hydrolysis) is 1. The van der Waals surface area contributed by atoms with Crippen LogP contribution in [0.2, 0.25) is 0 Å². The zero-order chi connectivity index (χ0) is 22.6. The van der Waals surface area contributed by atoms with Crippen molar-refractivity contribution in [3.8, 4) is 11.1 Å². The number of aliphatic carboxylic acids is 1. The minimum Gasteiger partial charge on any atom is -0.481 e. The fourth-order valence-corrected chi connectivity index (χ4v) is 3.64. The van der Waals surface area contributed by atoms with Crippen molar-refractivity contribution < 1.29 is 24.2 Å². The highest BCUT2D eigenvalue weighted by atomic mass is 16.5. The van der Waals surface area contributed by atoms with Gasteiger partial charge in [-0.2, -0.15) is 0 Å². The quantitative estimate of drug-likeness (QED) is 0.601. The molecular weight excluding hydrogens is 396 g/mol. The lowest BCUT2D eigenvalue weighted by atomic mass is 9.94. The normalized spacial score (nSPS) is 13.6. The van der Waals surface area contributed by atoms with Crippen molar-refractivity contribution in [2.24, 2.45) is 5.41 Å². The van der Waals surface area contributed by atoms with Gasteiger partial charge in [-0.1, -0.05) is 55.5 Å². The van der Waals surface area contributed by atoms with E-state index in [2.05, 4.69) is 22.8 Å². The first-order valence-electron chi connectivity index (χ1n) is 10.4. The van der Waals surface area contributed by atoms with Gasteiger partial charge in [0.2, 0.25) is 5.91 Å². The average Bonchev–Trinajstić information content (AvgIpc) is 3.08. The monoisotopic (exact) mass is 424 g/mol. The van der Waals surface area contributed by atoms with E-state index in [4.69, 9.17) is 9.84 Å². The molecule has 1 aliphatic rings. The summed E-state index contributed by atoms with van der Waals surface area (Å²) in [6.07, 6.45) is -0.329. The number of amides is 2. The second kappa shape index (κ2) is 9.20. The van der Waals surface area contributed by atoms with E-state index >= 15 is 0 Å². The van der Waals surface area contributed by atoms with Crippen LogP contribution in [0.5, 0.6) is 0 Å². The van der Waals surface area contributed by atoms with Gasteiger partial charge < -0.3 is 20.5 Å². The van der Waals surface area contributed by atoms with Crippen LogP contribution in [0.1, 0.15) is 44.2 Å². The predicted molar refractivity (Wildman–Crippen MR) is 117 cm³/mol. The van der Waals surface area contributed by atoms with Crippen molar-refractivity contribution in [1.82, 2.24) is 10.6 Å². The molecule has 31 heavy (non-hydrogen) atoms. The minimum atomic E-state index is -1.10. The molecule has 2 aromatic carbocycles. The summed E-state index contributed by atoms with van der Waals surface area (Å²) < 4.78 is 5.48. The Bertz CT molecular complexity index is 940. The summed E-state index contributed by atoms with van der Waals surface area (Å²) in [6.45, 7) is 4.93. The maximum absolute atomic E-state index is 12.4. The standard InChI is InChI=1S/C24H28N2O5/c1-4-20(21(27)25-14-24(2,3)22(28)29)26-23(30)31-13-19-17-11-7-5-9-15(17)16-10-6-8-12-18(16)19/h5-12,19-20H,4,13-14H2,1-3H3,(H,25,27)(H,26,30)(H,28,29)/t20-/m0/s1. The number of benzene rings is 2. The molecule has 0 unspecified atom stereocenters. The van der Waals surface area contributed by atoms with E-state index in [1.807, 2.05) is 36.4 Å². The number of fused-ring (bicyclic) bond motifs is 3. The molecule has 164 valence electrons. The third-order valence-corrected chi connectivity index (χ3v) is 5.64. The highest BCUT2D eigenvalue weighted by Crippen LogP contribution is 2.44. The zero-order valence-electron chi connectivity index (χ0n) is 18.0. The Hall–Kier alpha value is -3.35. The molecule has 3 rings (SSSR count). The summed E-state index contributed by atoms with van der Waals surface area (Å²) in [7, 11) is 0. The lowest BCUT2D eigenvalue weighted by molar-refractivity contribution is -0.146. The largest absolute Gasteiger partial charge is 0.481 e. The fourth-order valence-electron chi connectivity index (χ4n) is 3.64. The first kappa shape index (κ1) is 22.3. The van der Waals surface area contributed by atoms with E-state index in [1.165, 1.54) is 13.8 Å². The SMILES string of the molecule is CC[C@H](NC(=O)OCC1c2ccccc2-c2ccccc21)C(=O)NCC(C)(C)C(=O)O.